The Balaban J connectivity index is 1.78. The number of ether oxygens (including phenoxy) is 1. The number of carbonyl (C=O) groups excluding carboxylic acids is 1. The summed E-state index contributed by atoms with van der Waals surface area (Å²) < 4.78 is 19.5. The van der Waals surface area contributed by atoms with Gasteiger partial charge in [-0.3, -0.25) is 4.90 Å². The molecule has 2 saturated heterocycles. The van der Waals surface area contributed by atoms with Crippen LogP contribution in [-0.4, -0.2) is 55.8 Å². The topological polar surface area (TPSA) is 58.8 Å². The molecule has 2 fully saturated rings. The minimum Gasteiger partial charge on any atom is -0.443 e. The molecule has 1 aromatic rings. The van der Waals surface area contributed by atoms with Gasteiger partial charge in [0.05, 0.1) is 17.9 Å². The van der Waals surface area contributed by atoms with Crippen molar-refractivity contribution in [1.82, 2.24) is 0 Å². The fourth-order valence-electron chi connectivity index (χ4n) is 2.71. The Morgan fingerprint density at radius 3 is 2.73 bits per heavy atom. The Morgan fingerprint density at radius 2 is 2.14 bits per heavy atom. The maximum atomic E-state index is 14.4. The normalized spacial score (nSPS) is 23.0. The molecule has 120 valence electrons. The van der Waals surface area contributed by atoms with Crippen LogP contribution in [0.25, 0.3) is 0 Å². The number of nitrogens with zero attached hydrogens (tertiary/aromatic N) is 2. The van der Waals surface area contributed by atoms with E-state index in [4.69, 9.17) is 10.5 Å². The molecule has 0 aromatic heterocycles. The predicted molar refractivity (Wildman–Crippen MR) is 89.7 cm³/mol. The number of rotatable bonds is 3. The van der Waals surface area contributed by atoms with E-state index in [2.05, 4.69) is 5.87 Å². The molecule has 3 rings (SSSR count). The van der Waals surface area contributed by atoms with Crippen LogP contribution in [0.2, 0.25) is 0 Å². The number of hydrogen-bond acceptors (Lipinski definition) is 4. The van der Waals surface area contributed by atoms with Gasteiger partial charge in [0, 0.05) is 31.1 Å². The molecule has 22 heavy (non-hydrogen) atoms. The van der Waals surface area contributed by atoms with Crippen LogP contribution in [0.4, 0.5) is 20.6 Å². The first-order valence-electron chi connectivity index (χ1n) is 7.28. The van der Waals surface area contributed by atoms with E-state index >= 15 is 0 Å². The highest BCUT2D eigenvalue weighted by molar-refractivity contribution is 8.14. The molecule has 1 atom stereocenters. The molecule has 0 spiro atoms. The zero-order valence-electron chi connectivity index (χ0n) is 12.3. The second kappa shape index (κ2) is 6.26. The standard InChI is InChI=1S/C15H20FN3O2S/c1-22-6-4-18(5-7-22)14-3-2-11(8-13(14)16)19-10-12(9-17)21-15(19)20/h2-3,8,12H,1,4-7,9-10,17H2/t12-/m0/s1. The SMILES string of the molecule is C=S1CCN(c2ccc(N3C[C@H](CN)OC3=O)cc2F)CC1. The molecule has 2 heterocycles. The molecule has 7 heteroatoms. The molecule has 2 aliphatic heterocycles. The second-order valence-corrected chi connectivity index (χ2v) is 7.54. The lowest BCUT2D eigenvalue weighted by molar-refractivity contribution is 0.145. The molecule has 0 radical (unpaired) electrons. The molecular weight excluding hydrogens is 305 g/mol. The van der Waals surface area contributed by atoms with Crippen LogP contribution in [0, 0.1) is 5.82 Å². The predicted octanol–water partition coefficient (Wildman–Crippen LogP) is 1.63. The van der Waals surface area contributed by atoms with Crippen molar-refractivity contribution in [2.75, 3.05) is 47.5 Å². The van der Waals surface area contributed by atoms with E-state index in [9.17, 15) is 9.18 Å². The number of nitrogens with two attached hydrogens (primary N) is 1. The highest BCUT2D eigenvalue weighted by Crippen LogP contribution is 2.29. The largest absolute Gasteiger partial charge is 0.443 e. The summed E-state index contributed by atoms with van der Waals surface area (Å²) in [6.07, 6.45) is -0.797. The van der Waals surface area contributed by atoms with Crippen molar-refractivity contribution < 1.29 is 13.9 Å². The summed E-state index contributed by atoms with van der Waals surface area (Å²) in [6, 6.07) is 4.89. The van der Waals surface area contributed by atoms with Gasteiger partial charge in [-0.2, -0.15) is 10.5 Å². The van der Waals surface area contributed by atoms with E-state index in [-0.39, 0.29) is 29.0 Å². The first-order chi connectivity index (χ1) is 10.6. The molecule has 0 saturated carbocycles. The Hall–Kier alpha value is -1.60. The maximum absolute atomic E-state index is 14.4. The van der Waals surface area contributed by atoms with E-state index in [0.717, 1.165) is 24.6 Å². The van der Waals surface area contributed by atoms with Crippen LogP contribution >= 0.6 is 10.5 Å². The Bertz CT molecular complexity index is 600. The molecule has 0 bridgehead atoms. The minimum atomic E-state index is -0.471. The lowest BCUT2D eigenvalue weighted by Crippen LogP contribution is -2.34. The van der Waals surface area contributed by atoms with Gasteiger partial charge in [0.1, 0.15) is 11.9 Å². The van der Waals surface area contributed by atoms with Crippen LogP contribution in [0.3, 0.4) is 0 Å². The van der Waals surface area contributed by atoms with Gasteiger partial charge in [-0.25, -0.2) is 9.18 Å². The summed E-state index contributed by atoms with van der Waals surface area (Å²) in [5.41, 5.74) is 6.61. The number of halogens is 1. The summed E-state index contributed by atoms with van der Waals surface area (Å²) >= 11 is 0. The number of hydrogen-bond donors (Lipinski definition) is 1. The highest BCUT2D eigenvalue weighted by Gasteiger charge is 2.32. The van der Waals surface area contributed by atoms with E-state index in [0.29, 0.717) is 17.9 Å². The van der Waals surface area contributed by atoms with Gasteiger partial charge in [0.25, 0.3) is 0 Å². The lowest BCUT2D eigenvalue weighted by atomic mass is 10.2. The van der Waals surface area contributed by atoms with Gasteiger partial charge in [0.2, 0.25) is 0 Å². The van der Waals surface area contributed by atoms with Crippen molar-refractivity contribution in [2.45, 2.75) is 6.10 Å². The number of carbonyl (C=O) groups is 1. The molecule has 5 nitrogen and oxygen atoms in total. The molecule has 2 aliphatic rings. The fraction of sp³-hybridized carbons (Fsp3) is 0.467. The first kappa shape index (κ1) is 15.3. The smallest absolute Gasteiger partial charge is 0.414 e. The Labute approximate surface area is 131 Å². The van der Waals surface area contributed by atoms with E-state index in [1.54, 1.807) is 12.1 Å². The van der Waals surface area contributed by atoms with Crippen molar-refractivity contribution in [3.8, 4) is 0 Å². The average Bonchev–Trinajstić information content (AvgIpc) is 2.89. The van der Waals surface area contributed by atoms with Crippen LogP contribution in [0.15, 0.2) is 18.2 Å². The van der Waals surface area contributed by atoms with Gasteiger partial charge in [-0.05, 0) is 18.2 Å². The number of anilines is 2. The van der Waals surface area contributed by atoms with Crippen molar-refractivity contribution in [1.29, 1.82) is 0 Å². The molecule has 1 amide bonds. The quantitative estimate of drug-likeness (QED) is 0.858. The maximum Gasteiger partial charge on any atom is 0.414 e. The molecule has 1 aromatic carbocycles. The monoisotopic (exact) mass is 325 g/mol. The summed E-state index contributed by atoms with van der Waals surface area (Å²) in [5.74, 6) is 5.76. The molecule has 0 unspecified atom stereocenters. The van der Waals surface area contributed by atoms with Crippen molar-refractivity contribution in [3.63, 3.8) is 0 Å². The number of amides is 1. The zero-order chi connectivity index (χ0) is 15.7. The van der Waals surface area contributed by atoms with Crippen LogP contribution in [0.1, 0.15) is 0 Å². The number of cyclic esters (lactones) is 1. The van der Waals surface area contributed by atoms with Crippen LogP contribution in [-0.2, 0) is 4.74 Å². The second-order valence-electron chi connectivity index (χ2n) is 5.50. The van der Waals surface area contributed by atoms with Gasteiger partial charge >= 0.3 is 6.09 Å². The third kappa shape index (κ3) is 2.96. The summed E-state index contributed by atoms with van der Waals surface area (Å²) in [7, 11) is 0.197. The Kier molecular flexibility index (Phi) is 4.35. The lowest BCUT2D eigenvalue weighted by Gasteiger charge is -2.31. The van der Waals surface area contributed by atoms with E-state index < -0.39 is 6.09 Å². The van der Waals surface area contributed by atoms with Crippen molar-refractivity contribution in [3.05, 3.63) is 24.0 Å². The highest BCUT2D eigenvalue weighted by atomic mass is 32.2. The first-order valence-corrected chi connectivity index (χ1v) is 9.01. The molecular formula is C15H20FN3O2S. The minimum absolute atomic E-state index is 0.197. The summed E-state index contributed by atoms with van der Waals surface area (Å²) in [4.78, 5) is 15.3. The van der Waals surface area contributed by atoms with Crippen LogP contribution < -0.4 is 15.5 Å². The fourth-order valence-corrected chi connectivity index (χ4v) is 3.87. The van der Waals surface area contributed by atoms with E-state index in [1.807, 2.05) is 4.90 Å². The third-order valence-corrected chi connectivity index (χ3v) is 5.54. The Morgan fingerprint density at radius 1 is 1.41 bits per heavy atom. The number of benzene rings is 1. The molecule has 2 N–H and O–H groups in total. The molecule has 0 aliphatic carbocycles. The summed E-state index contributed by atoms with van der Waals surface area (Å²) in [5, 5.41) is 0. The zero-order valence-corrected chi connectivity index (χ0v) is 13.2. The van der Waals surface area contributed by atoms with E-state index in [1.165, 1.54) is 11.0 Å². The third-order valence-electron chi connectivity index (χ3n) is 4.02. The van der Waals surface area contributed by atoms with Gasteiger partial charge in [-0.15, -0.1) is 0 Å². The summed E-state index contributed by atoms with van der Waals surface area (Å²) in [6.45, 7) is 2.28. The van der Waals surface area contributed by atoms with Crippen molar-refractivity contribution in [2.24, 2.45) is 5.73 Å². The van der Waals surface area contributed by atoms with Gasteiger partial charge in [-0.1, -0.05) is 5.87 Å². The average molecular weight is 325 g/mol. The van der Waals surface area contributed by atoms with Gasteiger partial charge < -0.3 is 15.4 Å². The van der Waals surface area contributed by atoms with Crippen LogP contribution in [0.5, 0.6) is 0 Å². The van der Waals surface area contributed by atoms with Gasteiger partial charge in [0.15, 0.2) is 0 Å². The van der Waals surface area contributed by atoms with Crippen molar-refractivity contribution >= 4 is 33.8 Å².